The molecule has 1 rings (SSSR count). The van der Waals surface area contributed by atoms with Crippen molar-refractivity contribution in [3.63, 3.8) is 0 Å². The van der Waals surface area contributed by atoms with Crippen molar-refractivity contribution in [3.05, 3.63) is 17.7 Å². The highest BCUT2D eigenvalue weighted by Crippen LogP contribution is 2.02. The summed E-state index contributed by atoms with van der Waals surface area (Å²) < 4.78 is 2.08. The number of aliphatic imine (C=N–C) groups is 1. The third-order valence-corrected chi connectivity index (χ3v) is 1.86. The Balaban J connectivity index is 2.88. The van der Waals surface area contributed by atoms with E-state index >= 15 is 0 Å². The molecule has 0 N–H and O–H groups in total. The lowest BCUT2D eigenvalue weighted by Crippen LogP contribution is -2.00. The Hall–Kier alpha value is -1.12. The van der Waals surface area contributed by atoms with Crippen molar-refractivity contribution in [1.29, 1.82) is 0 Å². The topological polar surface area (TPSA) is 30.2 Å². The Labute approximate surface area is 73.2 Å². The number of hydrogen-bond acceptors (Lipinski definition) is 2. The predicted molar refractivity (Wildman–Crippen MR) is 50.7 cm³/mol. The van der Waals surface area contributed by atoms with Crippen molar-refractivity contribution in [1.82, 2.24) is 9.55 Å². The minimum absolute atomic E-state index is 1.04. The van der Waals surface area contributed by atoms with E-state index < -0.39 is 0 Å². The van der Waals surface area contributed by atoms with Crippen LogP contribution in [0.15, 0.2) is 11.2 Å². The fourth-order valence-electron chi connectivity index (χ4n) is 1.17. The molecule has 0 aromatic carbocycles. The summed E-state index contributed by atoms with van der Waals surface area (Å²) in [7, 11) is 3.79. The second-order valence-electron chi connectivity index (χ2n) is 2.80. The van der Waals surface area contributed by atoms with Gasteiger partial charge >= 0.3 is 0 Å². The summed E-state index contributed by atoms with van der Waals surface area (Å²) >= 11 is 0. The van der Waals surface area contributed by atoms with Gasteiger partial charge in [0.25, 0.3) is 0 Å². The molecule has 0 bridgehead atoms. The monoisotopic (exact) mass is 165 g/mol. The molecule has 0 aliphatic heterocycles. The van der Waals surface area contributed by atoms with E-state index in [-0.39, 0.29) is 0 Å². The Morgan fingerprint density at radius 1 is 1.67 bits per heavy atom. The summed E-state index contributed by atoms with van der Waals surface area (Å²) in [6, 6.07) is 0. The summed E-state index contributed by atoms with van der Waals surface area (Å²) in [6.07, 6.45) is 5.85. The predicted octanol–water partition coefficient (Wildman–Crippen LogP) is 1.42. The van der Waals surface area contributed by atoms with E-state index in [4.69, 9.17) is 0 Å². The minimum Gasteiger partial charge on any atom is -0.330 e. The zero-order chi connectivity index (χ0) is 8.97. The lowest BCUT2D eigenvalue weighted by Gasteiger charge is -2.00. The molecule has 66 valence electrons. The van der Waals surface area contributed by atoms with Gasteiger partial charge in [0.2, 0.25) is 0 Å². The molecule has 0 saturated heterocycles. The van der Waals surface area contributed by atoms with Gasteiger partial charge in [-0.3, -0.25) is 4.99 Å². The second-order valence-corrected chi connectivity index (χ2v) is 2.80. The zero-order valence-corrected chi connectivity index (χ0v) is 7.91. The number of aryl methyl sites for hydroxylation is 1. The van der Waals surface area contributed by atoms with Gasteiger partial charge in [0.05, 0.1) is 11.9 Å². The largest absolute Gasteiger partial charge is 0.330 e. The first-order chi connectivity index (χ1) is 5.79. The summed E-state index contributed by atoms with van der Waals surface area (Å²) in [4.78, 5) is 8.25. The molecular weight excluding hydrogens is 150 g/mol. The number of imidazole rings is 1. The molecule has 0 aliphatic carbocycles. The van der Waals surface area contributed by atoms with Crippen molar-refractivity contribution < 1.29 is 0 Å². The Kier molecular flexibility index (Phi) is 3.02. The van der Waals surface area contributed by atoms with Crippen molar-refractivity contribution in [2.24, 2.45) is 12.0 Å². The number of hydrogen-bond donors (Lipinski definition) is 0. The van der Waals surface area contributed by atoms with E-state index in [1.807, 2.05) is 19.5 Å². The SMILES string of the molecule is CCCc1ncc(C=NC)n1C. The highest BCUT2D eigenvalue weighted by Gasteiger charge is 2.01. The summed E-state index contributed by atoms with van der Waals surface area (Å²) in [6.45, 7) is 2.16. The van der Waals surface area contributed by atoms with Crippen molar-refractivity contribution in [2.45, 2.75) is 19.8 Å². The van der Waals surface area contributed by atoms with Crippen LogP contribution in [0.2, 0.25) is 0 Å². The van der Waals surface area contributed by atoms with Crippen LogP contribution in [0, 0.1) is 0 Å². The van der Waals surface area contributed by atoms with E-state index in [2.05, 4.69) is 21.5 Å². The zero-order valence-electron chi connectivity index (χ0n) is 7.91. The molecule has 0 radical (unpaired) electrons. The van der Waals surface area contributed by atoms with E-state index in [0.717, 1.165) is 24.4 Å². The van der Waals surface area contributed by atoms with Crippen molar-refractivity contribution in [2.75, 3.05) is 7.05 Å². The van der Waals surface area contributed by atoms with Gasteiger partial charge < -0.3 is 4.57 Å². The molecule has 0 fully saturated rings. The second kappa shape index (κ2) is 4.04. The maximum Gasteiger partial charge on any atom is 0.108 e. The third-order valence-electron chi connectivity index (χ3n) is 1.86. The average Bonchev–Trinajstić information content (AvgIpc) is 2.38. The first-order valence-corrected chi connectivity index (χ1v) is 4.22. The molecule has 1 heterocycles. The van der Waals surface area contributed by atoms with E-state index in [1.54, 1.807) is 7.05 Å². The molecular formula is C9H15N3. The Bertz CT molecular complexity index is 273. The van der Waals surface area contributed by atoms with Gasteiger partial charge in [-0.05, 0) is 6.42 Å². The van der Waals surface area contributed by atoms with E-state index in [0.29, 0.717) is 0 Å². The molecule has 1 aromatic heterocycles. The van der Waals surface area contributed by atoms with Crippen LogP contribution < -0.4 is 0 Å². The van der Waals surface area contributed by atoms with Crippen LogP contribution in [-0.4, -0.2) is 22.8 Å². The van der Waals surface area contributed by atoms with Gasteiger partial charge in [0, 0.05) is 26.7 Å². The maximum absolute atomic E-state index is 4.30. The highest BCUT2D eigenvalue weighted by atomic mass is 15.1. The summed E-state index contributed by atoms with van der Waals surface area (Å²) in [5.74, 6) is 1.13. The molecule has 0 saturated carbocycles. The summed E-state index contributed by atoms with van der Waals surface area (Å²) in [5.41, 5.74) is 1.07. The Morgan fingerprint density at radius 2 is 2.42 bits per heavy atom. The molecule has 1 aromatic rings. The normalized spacial score (nSPS) is 11.2. The van der Waals surface area contributed by atoms with E-state index in [9.17, 15) is 0 Å². The smallest absolute Gasteiger partial charge is 0.108 e. The quantitative estimate of drug-likeness (QED) is 0.623. The molecule has 3 heteroatoms. The van der Waals surface area contributed by atoms with Gasteiger partial charge in [-0.2, -0.15) is 0 Å². The molecule has 0 spiro atoms. The van der Waals surface area contributed by atoms with Crippen molar-refractivity contribution in [3.8, 4) is 0 Å². The molecule has 12 heavy (non-hydrogen) atoms. The number of aromatic nitrogens is 2. The highest BCUT2D eigenvalue weighted by molar-refractivity contribution is 5.76. The molecule has 0 unspecified atom stereocenters. The third kappa shape index (κ3) is 1.72. The van der Waals surface area contributed by atoms with Gasteiger partial charge in [-0.15, -0.1) is 0 Å². The van der Waals surface area contributed by atoms with Crippen LogP contribution in [0.3, 0.4) is 0 Å². The maximum atomic E-state index is 4.30. The Morgan fingerprint density at radius 3 is 3.00 bits per heavy atom. The minimum atomic E-state index is 1.04. The van der Waals surface area contributed by atoms with Crippen LogP contribution in [0.1, 0.15) is 24.9 Å². The standard InChI is InChI=1S/C9H15N3/c1-4-5-9-11-7-8(6-10-2)12(9)3/h6-7H,4-5H2,1-3H3. The van der Waals surface area contributed by atoms with Crippen LogP contribution in [0.5, 0.6) is 0 Å². The van der Waals surface area contributed by atoms with Gasteiger partial charge in [0.1, 0.15) is 5.82 Å². The molecule has 0 amide bonds. The number of nitrogens with zero attached hydrogens (tertiary/aromatic N) is 3. The van der Waals surface area contributed by atoms with Gasteiger partial charge in [-0.25, -0.2) is 4.98 Å². The lowest BCUT2D eigenvalue weighted by atomic mass is 10.3. The van der Waals surface area contributed by atoms with Crippen LogP contribution in [-0.2, 0) is 13.5 Å². The van der Waals surface area contributed by atoms with Crippen LogP contribution >= 0.6 is 0 Å². The fourth-order valence-corrected chi connectivity index (χ4v) is 1.17. The van der Waals surface area contributed by atoms with Gasteiger partial charge in [0.15, 0.2) is 0 Å². The number of rotatable bonds is 3. The van der Waals surface area contributed by atoms with Crippen LogP contribution in [0.25, 0.3) is 0 Å². The molecule has 3 nitrogen and oxygen atoms in total. The van der Waals surface area contributed by atoms with Gasteiger partial charge in [-0.1, -0.05) is 6.92 Å². The summed E-state index contributed by atoms with van der Waals surface area (Å²) in [5, 5.41) is 0. The first-order valence-electron chi connectivity index (χ1n) is 4.22. The average molecular weight is 165 g/mol. The molecule has 0 atom stereocenters. The van der Waals surface area contributed by atoms with Crippen LogP contribution in [0.4, 0.5) is 0 Å². The van der Waals surface area contributed by atoms with Crippen molar-refractivity contribution >= 4 is 6.21 Å². The van der Waals surface area contributed by atoms with E-state index in [1.165, 1.54) is 0 Å². The first kappa shape index (κ1) is 8.97. The lowest BCUT2D eigenvalue weighted by molar-refractivity contribution is 0.756. The fraction of sp³-hybridized carbons (Fsp3) is 0.556. The molecule has 0 aliphatic rings.